The predicted octanol–water partition coefficient (Wildman–Crippen LogP) is 3.21. The molecule has 0 heterocycles. The summed E-state index contributed by atoms with van der Waals surface area (Å²) in [5, 5.41) is 9.57. The van der Waals surface area contributed by atoms with Crippen LogP contribution in [0.5, 0.6) is 0 Å². The molecule has 1 aliphatic carbocycles. The summed E-state index contributed by atoms with van der Waals surface area (Å²) in [5.74, 6) is -0.732. The first-order valence-electron chi connectivity index (χ1n) is 8.96. The third kappa shape index (κ3) is 5.33. The minimum atomic E-state index is -0.809. The van der Waals surface area contributed by atoms with Crippen molar-refractivity contribution in [3.8, 4) is 6.07 Å². The number of hydrogen-bond acceptors (Lipinski definition) is 6. The topological polar surface area (TPSA) is 87.5 Å². The molecule has 144 valence electrons. The number of amides is 1. The number of benzene rings is 1. The van der Waals surface area contributed by atoms with Gasteiger partial charge in [-0.15, -0.1) is 11.8 Å². The highest BCUT2D eigenvalue weighted by Crippen LogP contribution is 2.32. The fraction of sp³-hybridized carbons (Fsp3) is 0.500. The number of rotatable bonds is 7. The smallest absolute Gasteiger partial charge is 0.339 e. The summed E-state index contributed by atoms with van der Waals surface area (Å²) in [7, 11) is 1.60. The number of esters is 1. The first kappa shape index (κ1) is 21.0. The first-order valence-corrected chi connectivity index (χ1v) is 9.94. The van der Waals surface area contributed by atoms with Gasteiger partial charge >= 0.3 is 5.97 Å². The van der Waals surface area contributed by atoms with Crippen LogP contribution < -0.4 is 0 Å². The molecule has 1 aliphatic rings. The summed E-state index contributed by atoms with van der Waals surface area (Å²) < 4.78 is 5.20. The van der Waals surface area contributed by atoms with Gasteiger partial charge in [0.1, 0.15) is 11.3 Å². The van der Waals surface area contributed by atoms with Gasteiger partial charge in [0.15, 0.2) is 6.61 Å². The number of likely N-dealkylation sites (N-methyl/N-ethyl adjacent to an activating group) is 1. The zero-order chi connectivity index (χ0) is 19.9. The Balaban J connectivity index is 2.00. The van der Waals surface area contributed by atoms with Gasteiger partial charge in [0, 0.05) is 11.9 Å². The lowest BCUT2D eigenvalue weighted by atomic mass is 9.81. The molecule has 0 unspecified atom stereocenters. The van der Waals surface area contributed by atoms with Gasteiger partial charge in [-0.1, -0.05) is 31.4 Å². The molecule has 0 radical (unpaired) electrons. The monoisotopic (exact) mass is 388 g/mol. The number of carbonyl (C=O) groups excluding carboxylic acids is 3. The average Bonchev–Trinajstić information content (AvgIpc) is 2.70. The Hall–Kier alpha value is -2.33. The van der Waals surface area contributed by atoms with E-state index < -0.39 is 18.1 Å². The van der Waals surface area contributed by atoms with Gasteiger partial charge in [-0.3, -0.25) is 9.59 Å². The summed E-state index contributed by atoms with van der Waals surface area (Å²) in [6.07, 6.45) is 4.17. The van der Waals surface area contributed by atoms with Crippen LogP contribution in [0.2, 0.25) is 0 Å². The summed E-state index contributed by atoms with van der Waals surface area (Å²) in [4.78, 5) is 38.1. The molecule has 1 aromatic carbocycles. The predicted molar refractivity (Wildman–Crippen MR) is 102 cm³/mol. The lowest BCUT2D eigenvalue weighted by Crippen LogP contribution is -2.51. The Bertz CT molecular complexity index is 751. The van der Waals surface area contributed by atoms with E-state index in [0.29, 0.717) is 23.3 Å². The fourth-order valence-corrected chi connectivity index (χ4v) is 3.98. The van der Waals surface area contributed by atoms with Gasteiger partial charge in [0.25, 0.3) is 5.91 Å². The maximum absolute atomic E-state index is 12.5. The number of thioether (sulfide) groups is 1. The van der Waals surface area contributed by atoms with E-state index in [2.05, 4.69) is 6.07 Å². The van der Waals surface area contributed by atoms with Crippen molar-refractivity contribution in [3.05, 3.63) is 29.8 Å². The second kappa shape index (κ2) is 9.56. The van der Waals surface area contributed by atoms with Gasteiger partial charge in [0.05, 0.1) is 17.4 Å². The zero-order valence-corrected chi connectivity index (χ0v) is 16.5. The van der Waals surface area contributed by atoms with Crippen LogP contribution >= 0.6 is 11.8 Å². The molecule has 0 aromatic heterocycles. The van der Waals surface area contributed by atoms with Gasteiger partial charge in [-0.05, 0) is 31.9 Å². The lowest BCUT2D eigenvalue weighted by molar-refractivity contribution is -0.138. The number of ketones is 1. The Morgan fingerprint density at radius 3 is 2.52 bits per heavy atom. The van der Waals surface area contributed by atoms with Crippen molar-refractivity contribution in [2.75, 3.05) is 19.4 Å². The van der Waals surface area contributed by atoms with Gasteiger partial charge in [0.2, 0.25) is 0 Å². The second-order valence-corrected chi connectivity index (χ2v) is 7.74. The van der Waals surface area contributed by atoms with Crippen molar-refractivity contribution >= 4 is 29.4 Å². The van der Waals surface area contributed by atoms with Crippen LogP contribution in [0.15, 0.2) is 29.2 Å². The molecule has 0 spiro atoms. The molecule has 0 bridgehead atoms. The highest BCUT2D eigenvalue weighted by Gasteiger charge is 2.39. The zero-order valence-electron chi connectivity index (χ0n) is 15.7. The molecule has 1 amide bonds. The molecule has 2 rings (SSSR count). The number of nitriles is 1. The van der Waals surface area contributed by atoms with E-state index in [9.17, 15) is 19.6 Å². The maximum atomic E-state index is 12.5. The molecular formula is C20H24N2O4S. The van der Waals surface area contributed by atoms with Crippen LogP contribution in [0.3, 0.4) is 0 Å². The maximum Gasteiger partial charge on any atom is 0.339 e. The fourth-order valence-electron chi connectivity index (χ4n) is 3.14. The summed E-state index contributed by atoms with van der Waals surface area (Å²) in [6.45, 7) is 1.07. The van der Waals surface area contributed by atoms with Crippen molar-refractivity contribution in [1.29, 1.82) is 5.26 Å². The molecule has 0 N–H and O–H groups in total. The highest BCUT2D eigenvalue weighted by atomic mass is 32.2. The lowest BCUT2D eigenvalue weighted by Gasteiger charge is -2.38. The Morgan fingerprint density at radius 1 is 1.22 bits per heavy atom. The van der Waals surface area contributed by atoms with Gasteiger partial charge in [-0.2, -0.15) is 5.26 Å². The Labute approximate surface area is 163 Å². The molecule has 1 aromatic rings. The molecule has 6 nitrogen and oxygen atoms in total. The van der Waals surface area contributed by atoms with Crippen LogP contribution in [0, 0.1) is 11.3 Å². The highest BCUT2D eigenvalue weighted by molar-refractivity contribution is 8.00. The standard InChI is InChI=1S/C20H24N2O4S/c1-15(23)13-27-17-9-5-4-8-16(17)19(25)26-12-18(24)22(2)20(14-21)10-6-3-7-11-20/h4-5,8-9H,3,6-7,10-13H2,1-2H3. The molecule has 1 saturated carbocycles. The second-order valence-electron chi connectivity index (χ2n) is 6.72. The van der Waals surface area contributed by atoms with E-state index in [0.717, 1.165) is 19.3 Å². The molecule has 1 fully saturated rings. The summed E-state index contributed by atoms with van der Waals surface area (Å²) in [6, 6.07) is 9.11. The quantitative estimate of drug-likeness (QED) is 0.526. The molecule has 0 saturated heterocycles. The van der Waals surface area contributed by atoms with Crippen molar-refractivity contribution < 1.29 is 19.1 Å². The van der Waals surface area contributed by atoms with Gasteiger partial charge < -0.3 is 9.64 Å². The van der Waals surface area contributed by atoms with Crippen LogP contribution in [-0.4, -0.2) is 47.5 Å². The van der Waals surface area contributed by atoms with Crippen molar-refractivity contribution in [2.24, 2.45) is 0 Å². The SMILES string of the molecule is CC(=O)CSc1ccccc1C(=O)OCC(=O)N(C)C1(C#N)CCCCC1. The summed E-state index contributed by atoms with van der Waals surface area (Å²) >= 11 is 1.26. The van der Waals surface area contributed by atoms with E-state index in [1.165, 1.54) is 23.6 Å². The van der Waals surface area contributed by atoms with Crippen molar-refractivity contribution in [1.82, 2.24) is 4.90 Å². The van der Waals surface area contributed by atoms with Crippen molar-refractivity contribution in [2.45, 2.75) is 49.5 Å². The number of Topliss-reactive ketones (excluding diaryl/α,β-unsaturated/α-hetero) is 1. The summed E-state index contributed by atoms with van der Waals surface area (Å²) in [5.41, 5.74) is -0.483. The number of carbonyl (C=O) groups is 3. The number of ether oxygens (including phenoxy) is 1. The Morgan fingerprint density at radius 2 is 1.89 bits per heavy atom. The molecule has 27 heavy (non-hydrogen) atoms. The molecule has 7 heteroatoms. The van der Waals surface area contributed by atoms with Crippen LogP contribution in [-0.2, 0) is 14.3 Å². The van der Waals surface area contributed by atoms with Crippen LogP contribution in [0.25, 0.3) is 0 Å². The van der Waals surface area contributed by atoms with Crippen LogP contribution in [0.1, 0.15) is 49.4 Å². The molecule has 0 atom stereocenters. The first-order chi connectivity index (χ1) is 12.9. The number of hydrogen-bond donors (Lipinski definition) is 0. The van der Waals surface area contributed by atoms with E-state index in [-0.39, 0.29) is 17.4 Å². The number of nitrogens with zero attached hydrogens (tertiary/aromatic N) is 2. The van der Waals surface area contributed by atoms with E-state index in [4.69, 9.17) is 4.74 Å². The normalized spacial score (nSPS) is 15.4. The largest absolute Gasteiger partial charge is 0.452 e. The van der Waals surface area contributed by atoms with E-state index in [1.807, 2.05) is 0 Å². The minimum Gasteiger partial charge on any atom is -0.452 e. The molecule has 0 aliphatic heterocycles. The minimum absolute atomic E-state index is 0.00857. The van der Waals surface area contributed by atoms with E-state index >= 15 is 0 Å². The van der Waals surface area contributed by atoms with Gasteiger partial charge in [-0.25, -0.2) is 4.79 Å². The molecular weight excluding hydrogens is 364 g/mol. The van der Waals surface area contributed by atoms with Crippen molar-refractivity contribution in [3.63, 3.8) is 0 Å². The van der Waals surface area contributed by atoms with E-state index in [1.54, 1.807) is 31.3 Å². The average molecular weight is 388 g/mol. The Kier molecular flexibility index (Phi) is 7.43. The third-order valence-electron chi connectivity index (χ3n) is 4.77. The van der Waals surface area contributed by atoms with Crippen LogP contribution in [0.4, 0.5) is 0 Å². The third-order valence-corrected chi connectivity index (χ3v) is 5.99.